The van der Waals surface area contributed by atoms with Crippen LogP contribution in [0.2, 0.25) is 0 Å². The minimum absolute atomic E-state index is 0.223. The number of amides is 1. The number of carbonyl (C=O) groups is 1. The number of methoxy groups -OCH3 is 1. The summed E-state index contributed by atoms with van der Waals surface area (Å²) in [5, 5.41) is 6.16. The van der Waals surface area contributed by atoms with E-state index in [2.05, 4.69) is 22.5 Å². The van der Waals surface area contributed by atoms with Gasteiger partial charge in [0.1, 0.15) is 11.4 Å². The summed E-state index contributed by atoms with van der Waals surface area (Å²) in [6.07, 6.45) is 2.49. The van der Waals surface area contributed by atoms with Crippen molar-refractivity contribution in [2.45, 2.75) is 13.3 Å². The van der Waals surface area contributed by atoms with E-state index in [0.29, 0.717) is 5.69 Å². The predicted octanol–water partition coefficient (Wildman–Crippen LogP) is 4.65. The number of rotatable bonds is 6. The molecule has 26 heavy (non-hydrogen) atoms. The van der Waals surface area contributed by atoms with Gasteiger partial charge in [0.2, 0.25) is 0 Å². The van der Waals surface area contributed by atoms with Gasteiger partial charge in [0.15, 0.2) is 0 Å². The van der Waals surface area contributed by atoms with E-state index in [1.165, 1.54) is 0 Å². The molecule has 3 rings (SSSR count). The zero-order valence-electron chi connectivity index (χ0n) is 14.8. The number of nitrogens with zero attached hydrogens (tertiary/aromatic N) is 1. The van der Waals surface area contributed by atoms with Gasteiger partial charge in [-0.15, -0.1) is 0 Å². The Kier molecular flexibility index (Phi) is 5.49. The van der Waals surface area contributed by atoms with Crippen LogP contribution in [-0.2, 0) is 6.42 Å². The highest BCUT2D eigenvalue weighted by atomic mass is 16.5. The van der Waals surface area contributed by atoms with Crippen molar-refractivity contribution in [3.63, 3.8) is 0 Å². The van der Waals surface area contributed by atoms with Gasteiger partial charge in [-0.05, 0) is 42.3 Å². The van der Waals surface area contributed by atoms with E-state index in [1.54, 1.807) is 19.4 Å². The standard InChI is InChI=1S/C21H21N3O2/c1-3-15-7-4-5-10-19(15)24-21(25)20-12-11-17(14-22-20)23-16-8-6-9-18(13-16)26-2/h4-14,23H,3H2,1-2H3,(H,24,25). The summed E-state index contributed by atoms with van der Waals surface area (Å²) in [7, 11) is 1.63. The first kappa shape index (κ1) is 17.5. The van der Waals surface area contributed by atoms with Crippen molar-refractivity contribution in [3.8, 4) is 5.75 Å². The third-order valence-electron chi connectivity index (χ3n) is 4.00. The van der Waals surface area contributed by atoms with E-state index >= 15 is 0 Å². The molecule has 0 radical (unpaired) electrons. The summed E-state index contributed by atoms with van der Waals surface area (Å²) < 4.78 is 5.21. The molecule has 2 aromatic carbocycles. The molecule has 0 bridgehead atoms. The summed E-state index contributed by atoms with van der Waals surface area (Å²) in [5.41, 5.74) is 3.97. The van der Waals surface area contributed by atoms with Crippen molar-refractivity contribution >= 4 is 23.0 Å². The molecule has 5 nitrogen and oxygen atoms in total. The molecule has 1 heterocycles. The van der Waals surface area contributed by atoms with Crippen LogP contribution in [0, 0.1) is 0 Å². The molecule has 0 saturated carbocycles. The number of ether oxygens (including phenoxy) is 1. The number of benzene rings is 2. The lowest BCUT2D eigenvalue weighted by Gasteiger charge is -2.10. The van der Waals surface area contributed by atoms with Gasteiger partial charge in [0.05, 0.1) is 19.0 Å². The minimum Gasteiger partial charge on any atom is -0.497 e. The third kappa shape index (κ3) is 4.19. The second-order valence-electron chi connectivity index (χ2n) is 5.75. The maximum absolute atomic E-state index is 12.4. The smallest absolute Gasteiger partial charge is 0.274 e. The number of nitrogens with one attached hydrogen (secondary N) is 2. The largest absolute Gasteiger partial charge is 0.497 e. The van der Waals surface area contributed by atoms with E-state index in [1.807, 2.05) is 54.6 Å². The molecule has 132 valence electrons. The van der Waals surface area contributed by atoms with Crippen molar-refractivity contribution in [1.29, 1.82) is 0 Å². The fraction of sp³-hybridized carbons (Fsp3) is 0.143. The summed E-state index contributed by atoms with van der Waals surface area (Å²) in [6.45, 7) is 2.06. The highest BCUT2D eigenvalue weighted by molar-refractivity contribution is 6.03. The maximum atomic E-state index is 12.4. The average Bonchev–Trinajstić information content (AvgIpc) is 2.69. The average molecular weight is 347 g/mol. The Morgan fingerprint density at radius 1 is 1.04 bits per heavy atom. The van der Waals surface area contributed by atoms with Crippen LogP contribution in [0.3, 0.4) is 0 Å². The molecule has 3 aromatic rings. The molecule has 0 aliphatic rings. The highest BCUT2D eigenvalue weighted by Gasteiger charge is 2.09. The van der Waals surface area contributed by atoms with Crippen LogP contribution in [0.25, 0.3) is 0 Å². The van der Waals surface area contributed by atoms with E-state index in [9.17, 15) is 4.79 Å². The lowest BCUT2D eigenvalue weighted by Crippen LogP contribution is -2.14. The van der Waals surface area contributed by atoms with E-state index in [0.717, 1.165) is 34.8 Å². The van der Waals surface area contributed by atoms with Gasteiger partial charge in [-0.3, -0.25) is 4.79 Å². The molecule has 5 heteroatoms. The molecule has 0 saturated heterocycles. The fourth-order valence-electron chi connectivity index (χ4n) is 2.61. The highest BCUT2D eigenvalue weighted by Crippen LogP contribution is 2.21. The summed E-state index contributed by atoms with van der Waals surface area (Å²) >= 11 is 0. The van der Waals surface area contributed by atoms with Crippen molar-refractivity contribution in [2.24, 2.45) is 0 Å². The van der Waals surface area contributed by atoms with Gasteiger partial charge in [0.25, 0.3) is 5.91 Å². The Hall–Kier alpha value is -3.34. The Labute approximate surface area is 153 Å². The Balaban J connectivity index is 1.69. The molecule has 0 unspecified atom stereocenters. The fourth-order valence-corrected chi connectivity index (χ4v) is 2.61. The van der Waals surface area contributed by atoms with Crippen LogP contribution < -0.4 is 15.4 Å². The molecule has 0 aliphatic heterocycles. The molecular formula is C21H21N3O2. The second-order valence-corrected chi connectivity index (χ2v) is 5.75. The number of para-hydroxylation sites is 1. The zero-order chi connectivity index (χ0) is 18.4. The summed E-state index contributed by atoms with van der Waals surface area (Å²) in [5.74, 6) is 0.548. The number of carbonyl (C=O) groups excluding carboxylic acids is 1. The lowest BCUT2D eigenvalue weighted by molar-refractivity contribution is 0.102. The lowest BCUT2D eigenvalue weighted by atomic mass is 10.1. The van der Waals surface area contributed by atoms with Gasteiger partial charge in [0, 0.05) is 17.4 Å². The number of pyridine rings is 1. The SMILES string of the molecule is CCc1ccccc1NC(=O)c1ccc(Nc2cccc(OC)c2)cn1. The van der Waals surface area contributed by atoms with Crippen LogP contribution in [0.5, 0.6) is 5.75 Å². The second kappa shape index (κ2) is 8.16. The summed E-state index contributed by atoms with van der Waals surface area (Å²) in [6, 6.07) is 18.9. The maximum Gasteiger partial charge on any atom is 0.274 e. The van der Waals surface area contributed by atoms with Crippen LogP contribution in [0.1, 0.15) is 23.0 Å². The molecular weight excluding hydrogens is 326 g/mol. The first-order valence-corrected chi connectivity index (χ1v) is 8.46. The quantitative estimate of drug-likeness (QED) is 0.681. The number of anilines is 3. The molecule has 0 spiro atoms. The number of hydrogen-bond donors (Lipinski definition) is 2. The van der Waals surface area contributed by atoms with Gasteiger partial charge in [-0.25, -0.2) is 4.98 Å². The number of aryl methyl sites for hydroxylation is 1. The molecule has 0 atom stereocenters. The predicted molar refractivity (Wildman–Crippen MR) is 104 cm³/mol. The van der Waals surface area contributed by atoms with Crippen LogP contribution in [-0.4, -0.2) is 18.0 Å². The van der Waals surface area contributed by atoms with Gasteiger partial charge < -0.3 is 15.4 Å². The topological polar surface area (TPSA) is 63.2 Å². The van der Waals surface area contributed by atoms with Crippen molar-refractivity contribution in [1.82, 2.24) is 4.98 Å². The first-order chi connectivity index (χ1) is 12.7. The molecule has 0 fully saturated rings. The van der Waals surface area contributed by atoms with Crippen molar-refractivity contribution in [2.75, 3.05) is 17.7 Å². The Bertz CT molecular complexity index is 892. The van der Waals surface area contributed by atoms with Crippen LogP contribution in [0.4, 0.5) is 17.1 Å². The van der Waals surface area contributed by atoms with Gasteiger partial charge in [-0.1, -0.05) is 31.2 Å². The summed E-state index contributed by atoms with van der Waals surface area (Å²) in [4.78, 5) is 16.7. The minimum atomic E-state index is -0.223. The molecule has 2 N–H and O–H groups in total. The van der Waals surface area contributed by atoms with Gasteiger partial charge >= 0.3 is 0 Å². The Morgan fingerprint density at radius 2 is 1.88 bits per heavy atom. The van der Waals surface area contributed by atoms with E-state index < -0.39 is 0 Å². The molecule has 0 aliphatic carbocycles. The normalized spacial score (nSPS) is 10.2. The van der Waals surface area contributed by atoms with Crippen LogP contribution in [0.15, 0.2) is 66.9 Å². The van der Waals surface area contributed by atoms with Crippen molar-refractivity contribution < 1.29 is 9.53 Å². The molecule has 1 amide bonds. The first-order valence-electron chi connectivity index (χ1n) is 8.46. The van der Waals surface area contributed by atoms with Crippen LogP contribution >= 0.6 is 0 Å². The number of hydrogen-bond acceptors (Lipinski definition) is 4. The van der Waals surface area contributed by atoms with E-state index in [-0.39, 0.29) is 5.91 Å². The van der Waals surface area contributed by atoms with E-state index in [4.69, 9.17) is 4.74 Å². The monoisotopic (exact) mass is 347 g/mol. The van der Waals surface area contributed by atoms with Crippen molar-refractivity contribution in [3.05, 3.63) is 78.1 Å². The van der Waals surface area contributed by atoms with Gasteiger partial charge in [-0.2, -0.15) is 0 Å². The number of aromatic nitrogens is 1. The third-order valence-corrected chi connectivity index (χ3v) is 4.00. The Morgan fingerprint density at radius 3 is 2.62 bits per heavy atom. The zero-order valence-corrected chi connectivity index (χ0v) is 14.8. The molecule has 1 aromatic heterocycles.